The molecule has 0 radical (unpaired) electrons. The smallest absolute Gasteiger partial charge is 0.260 e. The van der Waals surface area contributed by atoms with Gasteiger partial charge in [-0.3, -0.25) is 9.59 Å². The van der Waals surface area contributed by atoms with Crippen LogP contribution in [0.15, 0.2) is 9.95 Å². The van der Waals surface area contributed by atoms with Crippen LogP contribution in [0.25, 0.3) is 10.2 Å². The highest BCUT2D eigenvalue weighted by Crippen LogP contribution is 2.42. The Morgan fingerprint density at radius 1 is 1.36 bits per heavy atom. The van der Waals surface area contributed by atoms with Crippen molar-refractivity contribution in [1.29, 1.82) is 0 Å². The summed E-state index contributed by atoms with van der Waals surface area (Å²) in [5.74, 6) is 0.979. The molecule has 28 heavy (non-hydrogen) atoms. The topological polar surface area (TPSA) is 75.3 Å². The fraction of sp³-hybridized carbons (Fsp3) is 0.650. The van der Waals surface area contributed by atoms with E-state index in [2.05, 4.69) is 30.7 Å². The number of thiophene rings is 1. The molecule has 0 aromatic carbocycles. The predicted molar refractivity (Wildman–Crippen MR) is 113 cm³/mol. The maximum atomic E-state index is 12.7. The van der Waals surface area contributed by atoms with Crippen LogP contribution in [0.3, 0.4) is 0 Å². The highest BCUT2D eigenvalue weighted by Gasteiger charge is 2.31. The average molecular weight is 422 g/mol. The Morgan fingerprint density at radius 2 is 2.11 bits per heavy atom. The maximum Gasteiger partial charge on any atom is 0.260 e. The standard InChI is InChI=1S/C20H27N3O3S2/c1-20(2,3)12-4-5-13-14(10-12)28-18-16(13)17(25)21-19(22-18)27-11-15(24)23-6-8-26-9-7-23/h12H,4-11H2,1-3H3,(H,21,22,25). The third-order valence-electron chi connectivity index (χ3n) is 5.82. The van der Waals surface area contributed by atoms with E-state index < -0.39 is 0 Å². The summed E-state index contributed by atoms with van der Waals surface area (Å²) in [6, 6.07) is 0. The van der Waals surface area contributed by atoms with Crippen molar-refractivity contribution < 1.29 is 9.53 Å². The zero-order chi connectivity index (χ0) is 19.9. The van der Waals surface area contributed by atoms with Gasteiger partial charge in [-0.25, -0.2) is 4.98 Å². The van der Waals surface area contributed by atoms with Crippen molar-refractivity contribution in [3.05, 3.63) is 20.8 Å². The fourth-order valence-electron chi connectivity index (χ4n) is 4.01. The molecule has 2 aromatic heterocycles. The lowest BCUT2D eigenvalue weighted by molar-refractivity contribution is -0.132. The van der Waals surface area contributed by atoms with Gasteiger partial charge in [-0.05, 0) is 36.2 Å². The van der Waals surface area contributed by atoms with Crippen LogP contribution in [0.2, 0.25) is 0 Å². The third kappa shape index (κ3) is 4.00. The monoisotopic (exact) mass is 421 g/mol. The van der Waals surface area contributed by atoms with Crippen molar-refractivity contribution in [2.75, 3.05) is 32.1 Å². The molecule has 8 heteroatoms. The van der Waals surface area contributed by atoms with Gasteiger partial charge in [-0.1, -0.05) is 32.5 Å². The second kappa shape index (κ2) is 7.80. The summed E-state index contributed by atoms with van der Waals surface area (Å²) >= 11 is 2.96. The number of carbonyl (C=O) groups excluding carboxylic acids is 1. The van der Waals surface area contributed by atoms with Gasteiger partial charge in [0.25, 0.3) is 5.56 Å². The Labute approximate surface area is 173 Å². The van der Waals surface area contributed by atoms with Crippen molar-refractivity contribution in [2.45, 2.75) is 45.2 Å². The van der Waals surface area contributed by atoms with E-state index in [1.165, 1.54) is 22.2 Å². The van der Waals surface area contributed by atoms with Gasteiger partial charge in [0.2, 0.25) is 5.91 Å². The second-order valence-corrected chi connectivity index (χ2v) is 10.7. The summed E-state index contributed by atoms with van der Waals surface area (Å²) in [4.78, 5) is 36.6. The molecule has 0 bridgehead atoms. The summed E-state index contributed by atoms with van der Waals surface area (Å²) in [5, 5.41) is 1.29. The number of amides is 1. The number of hydrogen-bond acceptors (Lipinski definition) is 6. The Kier molecular flexibility index (Phi) is 5.55. The maximum absolute atomic E-state index is 12.7. The van der Waals surface area contributed by atoms with Crippen molar-refractivity contribution in [3.8, 4) is 0 Å². The minimum Gasteiger partial charge on any atom is -0.378 e. The molecule has 2 aromatic rings. The van der Waals surface area contributed by atoms with Gasteiger partial charge < -0.3 is 14.6 Å². The van der Waals surface area contributed by atoms with E-state index in [0.717, 1.165) is 29.5 Å². The highest BCUT2D eigenvalue weighted by molar-refractivity contribution is 7.99. The number of aryl methyl sites for hydroxylation is 1. The molecule has 0 saturated carbocycles. The number of nitrogens with zero attached hydrogens (tertiary/aromatic N) is 2. The lowest BCUT2D eigenvalue weighted by atomic mass is 9.72. The van der Waals surface area contributed by atoms with Crippen molar-refractivity contribution >= 4 is 39.2 Å². The average Bonchev–Trinajstić information content (AvgIpc) is 3.04. The first kappa shape index (κ1) is 19.9. The minimum atomic E-state index is -0.0713. The zero-order valence-electron chi connectivity index (χ0n) is 16.7. The van der Waals surface area contributed by atoms with Crippen LogP contribution >= 0.6 is 23.1 Å². The number of aromatic nitrogens is 2. The Morgan fingerprint density at radius 3 is 2.82 bits per heavy atom. The van der Waals surface area contributed by atoms with Crippen LogP contribution in [0, 0.1) is 11.3 Å². The van der Waals surface area contributed by atoms with E-state index >= 15 is 0 Å². The van der Waals surface area contributed by atoms with E-state index in [4.69, 9.17) is 4.74 Å². The largest absolute Gasteiger partial charge is 0.378 e. The summed E-state index contributed by atoms with van der Waals surface area (Å²) in [5.41, 5.74) is 1.39. The number of nitrogens with one attached hydrogen (secondary N) is 1. The fourth-order valence-corrected chi connectivity index (χ4v) is 6.13. The number of carbonyl (C=O) groups is 1. The molecule has 1 fully saturated rings. The molecule has 0 spiro atoms. The molecular weight excluding hydrogens is 394 g/mol. The summed E-state index contributed by atoms with van der Waals surface area (Å²) in [6.07, 6.45) is 3.09. The van der Waals surface area contributed by atoms with Gasteiger partial charge in [0.1, 0.15) is 4.83 Å². The van der Waals surface area contributed by atoms with Gasteiger partial charge in [0, 0.05) is 18.0 Å². The van der Waals surface area contributed by atoms with Crippen molar-refractivity contribution in [1.82, 2.24) is 14.9 Å². The first-order chi connectivity index (χ1) is 13.3. The van der Waals surface area contributed by atoms with Gasteiger partial charge in [0.05, 0.1) is 24.4 Å². The number of aromatic amines is 1. The third-order valence-corrected chi connectivity index (χ3v) is 7.82. The molecule has 1 atom stereocenters. The van der Waals surface area contributed by atoms with Crippen LogP contribution < -0.4 is 5.56 Å². The van der Waals surface area contributed by atoms with Crippen molar-refractivity contribution in [3.63, 3.8) is 0 Å². The summed E-state index contributed by atoms with van der Waals surface area (Å²) in [7, 11) is 0. The van der Waals surface area contributed by atoms with Crippen LogP contribution in [-0.2, 0) is 22.4 Å². The normalized spacial score (nSPS) is 20.4. The van der Waals surface area contributed by atoms with Crippen LogP contribution in [0.5, 0.6) is 0 Å². The lowest BCUT2D eigenvalue weighted by Gasteiger charge is -2.33. The summed E-state index contributed by atoms with van der Waals surface area (Å²) < 4.78 is 5.29. The van der Waals surface area contributed by atoms with Gasteiger partial charge in [0.15, 0.2) is 5.16 Å². The number of hydrogen-bond donors (Lipinski definition) is 1. The second-order valence-electron chi connectivity index (χ2n) is 8.64. The number of ether oxygens (including phenoxy) is 1. The Bertz CT molecular complexity index is 939. The SMILES string of the molecule is CC(C)(C)C1CCc2c(sc3nc(SCC(=O)N4CCOCC4)[nH]c(=O)c23)C1. The highest BCUT2D eigenvalue weighted by atomic mass is 32.2. The number of fused-ring (bicyclic) bond motifs is 3. The molecule has 1 aliphatic heterocycles. The molecular formula is C20H27N3O3S2. The van der Waals surface area contributed by atoms with Gasteiger partial charge in [-0.2, -0.15) is 0 Å². The van der Waals surface area contributed by atoms with E-state index in [1.807, 2.05) is 4.90 Å². The zero-order valence-corrected chi connectivity index (χ0v) is 18.3. The van der Waals surface area contributed by atoms with Crippen LogP contribution in [0.4, 0.5) is 0 Å². The molecule has 3 heterocycles. The summed E-state index contributed by atoms with van der Waals surface area (Å²) in [6.45, 7) is 9.33. The van der Waals surface area contributed by atoms with Crippen molar-refractivity contribution in [2.24, 2.45) is 11.3 Å². The molecule has 1 N–H and O–H groups in total. The molecule has 1 amide bonds. The number of rotatable bonds is 3. The molecule has 4 rings (SSSR count). The number of H-pyrrole nitrogens is 1. The molecule has 152 valence electrons. The predicted octanol–water partition coefficient (Wildman–Crippen LogP) is 3.09. The molecule has 6 nitrogen and oxygen atoms in total. The van der Waals surface area contributed by atoms with Crippen LogP contribution in [0.1, 0.15) is 37.6 Å². The van der Waals surface area contributed by atoms with E-state index in [0.29, 0.717) is 37.4 Å². The quantitative estimate of drug-likeness (QED) is 0.609. The number of thioether (sulfide) groups is 1. The Hall–Kier alpha value is -1.38. The van der Waals surface area contributed by atoms with Gasteiger partial charge >= 0.3 is 0 Å². The molecule has 1 aliphatic carbocycles. The molecule has 2 aliphatic rings. The number of morpholine rings is 1. The van der Waals surface area contributed by atoms with Gasteiger partial charge in [-0.15, -0.1) is 11.3 Å². The minimum absolute atomic E-state index is 0.0644. The molecule has 1 saturated heterocycles. The molecule has 1 unspecified atom stereocenters. The van der Waals surface area contributed by atoms with E-state index in [-0.39, 0.29) is 22.6 Å². The van der Waals surface area contributed by atoms with Crippen LogP contribution in [-0.4, -0.2) is 52.8 Å². The lowest BCUT2D eigenvalue weighted by Crippen LogP contribution is -2.41. The van der Waals surface area contributed by atoms with E-state index in [1.54, 1.807) is 11.3 Å². The van der Waals surface area contributed by atoms with E-state index in [9.17, 15) is 9.59 Å². The first-order valence-corrected chi connectivity index (χ1v) is 11.7. The Balaban J connectivity index is 1.53. The first-order valence-electron chi connectivity index (χ1n) is 9.86.